The first kappa shape index (κ1) is 16.3. The Hall–Kier alpha value is -3.09. The fourth-order valence-electron chi connectivity index (χ4n) is 2.52. The molecule has 0 spiro atoms. The van der Waals surface area contributed by atoms with E-state index >= 15 is 0 Å². The van der Waals surface area contributed by atoms with Crippen molar-refractivity contribution in [2.24, 2.45) is 5.73 Å². The van der Waals surface area contributed by atoms with Gasteiger partial charge in [-0.25, -0.2) is 4.79 Å². The summed E-state index contributed by atoms with van der Waals surface area (Å²) in [5, 5.41) is 5.15. The van der Waals surface area contributed by atoms with Crippen LogP contribution in [-0.2, 0) is 0 Å². The van der Waals surface area contributed by atoms with Crippen molar-refractivity contribution in [2.75, 3.05) is 10.6 Å². The van der Waals surface area contributed by atoms with Crippen LogP contribution in [0.4, 0.5) is 16.2 Å². The van der Waals surface area contributed by atoms with Crippen LogP contribution in [0.15, 0.2) is 24.3 Å². The zero-order valence-electron chi connectivity index (χ0n) is 13.1. The number of urea groups is 1. The van der Waals surface area contributed by atoms with Crippen LogP contribution < -0.4 is 16.4 Å². The van der Waals surface area contributed by atoms with Crippen LogP contribution in [0.1, 0.15) is 39.0 Å². The highest BCUT2D eigenvalue weighted by atomic mass is 16.2. The standard InChI is InChI=1S/C16H18N4O3/c1-8-13(10(3)21)9(2)18-14(8)15(22)19-11-5-4-6-12(7-11)20-16(17)23/h4-7,18H,1-3H3,(H,19,22)(H3,17,20,23). The van der Waals surface area contributed by atoms with Crippen LogP contribution in [-0.4, -0.2) is 22.7 Å². The first-order valence-corrected chi connectivity index (χ1v) is 6.97. The highest BCUT2D eigenvalue weighted by Gasteiger charge is 2.19. The molecule has 23 heavy (non-hydrogen) atoms. The molecule has 0 unspecified atom stereocenters. The lowest BCUT2D eigenvalue weighted by Gasteiger charge is -2.07. The molecule has 0 fully saturated rings. The summed E-state index contributed by atoms with van der Waals surface area (Å²) in [5.74, 6) is -0.461. The number of primary amides is 1. The molecule has 0 saturated carbocycles. The largest absolute Gasteiger partial charge is 0.354 e. The minimum atomic E-state index is -0.685. The molecular formula is C16H18N4O3. The molecule has 1 heterocycles. The topological polar surface area (TPSA) is 117 Å². The lowest BCUT2D eigenvalue weighted by atomic mass is 10.1. The number of ketones is 1. The second-order valence-electron chi connectivity index (χ2n) is 5.21. The van der Waals surface area contributed by atoms with Crippen LogP contribution in [0.5, 0.6) is 0 Å². The Morgan fingerprint density at radius 1 is 1.09 bits per heavy atom. The maximum Gasteiger partial charge on any atom is 0.316 e. The molecule has 0 atom stereocenters. The lowest BCUT2D eigenvalue weighted by molar-refractivity contribution is 0.101. The summed E-state index contributed by atoms with van der Waals surface area (Å²) >= 11 is 0. The lowest BCUT2D eigenvalue weighted by Crippen LogP contribution is -2.19. The number of nitrogens with one attached hydrogen (secondary N) is 3. The predicted octanol–water partition coefficient (Wildman–Crippen LogP) is 2.58. The van der Waals surface area contributed by atoms with Gasteiger partial charge in [0.2, 0.25) is 0 Å². The van der Waals surface area contributed by atoms with Crippen LogP contribution in [0.2, 0.25) is 0 Å². The van der Waals surface area contributed by atoms with Crippen molar-refractivity contribution >= 4 is 29.1 Å². The van der Waals surface area contributed by atoms with Gasteiger partial charge in [0, 0.05) is 22.6 Å². The highest BCUT2D eigenvalue weighted by molar-refractivity contribution is 6.07. The second kappa shape index (κ2) is 6.35. The molecule has 0 aliphatic rings. The van der Waals surface area contributed by atoms with E-state index in [1.165, 1.54) is 6.92 Å². The summed E-state index contributed by atoms with van der Waals surface area (Å²) in [6.45, 7) is 4.93. The van der Waals surface area contributed by atoms with Gasteiger partial charge < -0.3 is 21.4 Å². The van der Waals surface area contributed by atoms with E-state index in [2.05, 4.69) is 15.6 Å². The van der Waals surface area contributed by atoms with Gasteiger partial charge in [0.05, 0.1) is 0 Å². The Labute approximate surface area is 133 Å². The van der Waals surface area contributed by atoms with Crippen molar-refractivity contribution in [1.29, 1.82) is 0 Å². The normalized spacial score (nSPS) is 10.2. The summed E-state index contributed by atoms with van der Waals surface area (Å²) in [7, 11) is 0. The molecule has 0 radical (unpaired) electrons. The third-order valence-electron chi connectivity index (χ3n) is 3.40. The van der Waals surface area contributed by atoms with Crippen molar-refractivity contribution in [3.8, 4) is 0 Å². The molecule has 5 N–H and O–H groups in total. The Kier molecular flexibility index (Phi) is 4.49. The average molecular weight is 314 g/mol. The summed E-state index contributed by atoms with van der Waals surface area (Å²) in [5.41, 5.74) is 8.16. The molecule has 1 aromatic carbocycles. The number of benzene rings is 1. The van der Waals surface area contributed by atoms with Gasteiger partial charge in [0.15, 0.2) is 5.78 Å². The maximum absolute atomic E-state index is 12.4. The smallest absolute Gasteiger partial charge is 0.316 e. The Balaban J connectivity index is 2.25. The number of carbonyl (C=O) groups excluding carboxylic acids is 3. The van der Waals surface area contributed by atoms with Crippen molar-refractivity contribution in [1.82, 2.24) is 4.98 Å². The average Bonchev–Trinajstić information content (AvgIpc) is 2.73. The molecule has 120 valence electrons. The molecule has 2 aromatic rings. The van der Waals surface area contributed by atoms with E-state index < -0.39 is 6.03 Å². The number of amides is 3. The first-order chi connectivity index (χ1) is 10.8. The number of anilines is 2. The number of H-pyrrole nitrogens is 1. The van der Waals surface area contributed by atoms with Gasteiger partial charge in [-0.2, -0.15) is 0 Å². The number of nitrogens with two attached hydrogens (primary N) is 1. The molecule has 0 saturated heterocycles. The van der Waals surface area contributed by atoms with Crippen molar-refractivity contribution in [3.05, 3.63) is 46.8 Å². The van der Waals surface area contributed by atoms with Gasteiger partial charge in [-0.3, -0.25) is 9.59 Å². The van der Waals surface area contributed by atoms with Gasteiger partial charge in [-0.15, -0.1) is 0 Å². The number of aromatic amines is 1. The Morgan fingerprint density at radius 3 is 2.22 bits per heavy atom. The summed E-state index contributed by atoms with van der Waals surface area (Å²) in [4.78, 5) is 37.8. The summed E-state index contributed by atoms with van der Waals surface area (Å²) in [6.07, 6.45) is 0. The van der Waals surface area contributed by atoms with E-state index in [9.17, 15) is 14.4 Å². The number of Topliss-reactive ketones (excluding diaryl/α,β-unsaturated/α-hetero) is 1. The number of aromatic nitrogens is 1. The molecule has 0 aliphatic heterocycles. The quantitative estimate of drug-likeness (QED) is 0.650. The fourth-order valence-corrected chi connectivity index (χ4v) is 2.52. The molecule has 3 amide bonds. The van der Waals surface area contributed by atoms with E-state index in [0.717, 1.165) is 0 Å². The third kappa shape index (κ3) is 3.57. The number of hydrogen-bond acceptors (Lipinski definition) is 3. The van der Waals surface area contributed by atoms with Gasteiger partial charge in [-0.05, 0) is 44.5 Å². The van der Waals surface area contributed by atoms with Crippen molar-refractivity contribution < 1.29 is 14.4 Å². The second-order valence-corrected chi connectivity index (χ2v) is 5.21. The van der Waals surface area contributed by atoms with E-state index in [4.69, 9.17) is 5.73 Å². The molecule has 0 aliphatic carbocycles. The minimum absolute atomic E-state index is 0.0945. The van der Waals surface area contributed by atoms with Crippen molar-refractivity contribution in [3.63, 3.8) is 0 Å². The van der Waals surface area contributed by atoms with Crippen LogP contribution >= 0.6 is 0 Å². The molecule has 7 nitrogen and oxygen atoms in total. The highest BCUT2D eigenvalue weighted by Crippen LogP contribution is 2.21. The van der Waals surface area contributed by atoms with Crippen LogP contribution in [0, 0.1) is 13.8 Å². The maximum atomic E-state index is 12.4. The van der Waals surface area contributed by atoms with Crippen LogP contribution in [0.3, 0.4) is 0 Å². The number of hydrogen-bond donors (Lipinski definition) is 4. The zero-order chi connectivity index (χ0) is 17.1. The molecule has 7 heteroatoms. The monoisotopic (exact) mass is 314 g/mol. The molecular weight excluding hydrogens is 296 g/mol. The summed E-state index contributed by atoms with van der Waals surface area (Å²) in [6, 6.07) is 5.91. The van der Waals surface area contributed by atoms with E-state index in [0.29, 0.717) is 33.9 Å². The number of carbonyl (C=O) groups is 3. The van der Waals surface area contributed by atoms with Gasteiger partial charge in [0.1, 0.15) is 5.69 Å². The zero-order valence-corrected chi connectivity index (χ0v) is 13.1. The van der Waals surface area contributed by atoms with Crippen molar-refractivity contribution in [2.45, 2.75) is 20.8 Å². The number of rotatable bonds is 4. The SMILES string of the molecule is CC(=O)c1c(C)[nH]c(C(=O)Nc2cccc(NC(N)=O)c2)c1C. The third-order valence-corrected chi connectivity index (χ3v) is 3.40. The minimum Gasteiger partial charge on any atom is -0.354 e. The Morgan fingerprint density at radius 2 is 1.70 bits per heavy atom. The molecule has 1 aromatic heterocycles. The molecule has 0 bridgehead atoms. The van der Waals surface area contributed by atoms with E-state index in [-0.39, 0.29) is 11.7 Å². The van der Waals surface area contributed by atoms with E-state index in [1.54, 1.807) is 38.1 Å². The molecule has 2 rings (SSSR count). The van der Waals surface area contributed by atoms with Crippen LogP contribution in [0.25, 0.3) is 0 Å². The van der Waals surface area contributed by atoms with E-state index in [1.807, 2.05) is 0 Å². The van der Waals surface area contributed by atoms with Gasteiger partial charge in [0.25, 0.3) is 5.91 Å². The predicted molar refractivity (Wildman–Crippen MR) is 87.9 cm³/mol. The first-order valence-electron chi connectivity index (χ1n) is 6.97. The Bertz CT molecular complexity index is 793. The van der Waals surface area contributed by atoms with Gasteiger partial charge in [-0.1, -0.05) is 6.07 Å². The fraction of sp³-hybridized carbons (Fsp3) is 0.188. The van der Waals surface area contributed by atoms with Gasteiger partial charge >= 0.3 is 6.03 Å². The number of aryl methyl sites for hydroxylation is 1. The summed E-state index contributed by atoms with van der Waals surface area (Å²) < 4.78 is 0.